The number of carbonyl (C=O) groups excluding carboxylic acids is 2. The smallest absolute Gasteiger partial charge is 0.251 e. The summed E-state index contributed by atoms with van der Waals surface area (Å²) >= 11 is 0. The molecule has 0 bridgehead atoms. The number of para-hydroxylation sites is 2. The molecule has 2 aromatic carbocycles. The monoisotopic (exact) mass is 379 g/mol. The molecule has 5 heteroatoms. The number of nitrogens with zero attached hydrogens (tertiary/aromatic N) is 2. The highest BCUT2D eigenvalue weighted by Crippen LogP contribution is 2.33. The first-order chi connectivity index (χ1) is 13.5. The summed E-state index contributed by atoms with van der Waals surface area (Å²) < 4.78 is 0. The van der Waals surface area contributed by atoms with E-state index in [9.17, 15) is 9.59 Å². The van der Waals surface area contributed by atoms with E-state index in [1.807, 2.05) is 41.3 Å². The van der Waals surface area contributed by atoms with Crippen LogP contribution in [0.1, 0.15) is 43.1 Å². The Kier molecular flexibility index (Phi) is 6.34. The van der Waals surface area contributed by atoms with Gasteiger partial charge in [-0.05, 0) is 42.2 Å². The second kappa shape index (κ2) is 8.91. The van der Waals surface area contributed by atoms with Crippen molar-refractivity contribution in [3.63, 3.8) is 0 Å². The van der Waals surface area contributed by atoms with Crippen LogP contribution in [-0.4, -0.2) is 31.4 Å². The van der Waals surface area contributed by atoms with Crippen molar-refractivity contribution in [3.05, 3.63) is 59.7 Å². The lowest BCUT2D eigenvalue weighted by Crippen LogP contribution is -2.28. The Morgan fingerprint density at radius 2 is 1.79 bits per heavy atom. The number of carbonyl (C=O) groups is 2. The lowest BCUT2D eigenvalue weighted by atomic mass is 10.1. The van der Waals surface area contributed by atoms with Crippen molar-refractivity contribution in [1.82, 2.24) is 5.32 Å². The number of anilines is 2. The lowest BCUT2D eigenvalue weighted by molar-refractivity contribution is -0.116. The zero-order chi connectivity index (χ0) is 20.1. The summed E-state index contributed by atoms with van der Waals surface area (Å²) in [6.07, 6.45) is 0.906. The first kappa shape index (κ1) is 19.9. The van der Waals surface area contributed by atoms with Crippen molar-refractivity contribution in [2.24, 2.45) is 5.92 Å². The second-order valence-electron chi connectivity index (χ2n) is 7.74. The molecule has 0 saturated heterocycles. The van der Waals surface area contributed by atoms with Crippen LogP contribution in [0.4, 0.5) is 11.4 Å². The van der Waals surface area contributed by atoms with Crippen LogP contribution in [0.25, 0.3) is 0 Å². The number of rotatable bonds is 5. The van der Waals surface area contributed by atoms with Crippen LogP contribution in [0.2, 0.25) is 0 Å². The van der Waals surface area contributed by atoms with E-state index in [-0.39, 0.29) is 11.8 Å². The topological polar surface area (TPSA) is 52.7 Å². The second-order valence-corrected chi connectivity index (χ2v) is 7.74. The fourth-order valence-electron chi connectivity index (χ4n) is 3.54. The molecule has 0 atom stereocenters. The summed E-state index contributed by atoms with van der Waals surface area (Å²) in [7, 11) is 0. The van der Waals surface area contributed by atoms with Gasteiger partial charge in [-0.25, -0.2) is 0 Å². The molecule has 1 heterocycles. The number of nitrogens with one attached hydrogen (secondary N) is 1. The van der Waals surface area contributed by atoms with Crippen molar-refractivity contribution >= 4 is 23.2 Å². The molecule has 148 valence electrons. The molecule has 0 radical (unpaired) electrons. The van der Waals surface area contributed by atoms with E-state index in [4.69, 9.17) is 0 Å². The van der Waals surface area contributed by atoms with Crippen LogP contribution in [0.5, 0.6) is 0 Å². The van der Waals surface area contributed by atoms with E-state index in [2.05, 4.69) is 36.2 Å². The van der Waals surface area contributed by atoms with Gasteiger partial charge in [0.05, 0.1) is 11.4 Å². The van der Waals surface area contributed by atoms with Crippen molar-refractivity contribution < 1.29 is 9.59 Å². The van der Waals surface area contributed by atoms with Crippen molar-refractivity contribution in [1.29, 1.82) is 0 Å². The molecule has 3 rings (SSSR count). The summed E-state index contributed by atoms with van der Waals surface area (Å²) in [5, 5.41) is 2.98. The summed E-state index contributed by atoms with van der Waals surface area (Å²) in [4.78, 5) is 28.6. The molecule has 5 nitrogen and oxygen atoms in total. The van der Waals surface area contributed by atoms with Gasteiger partial charge in [-0.1, -0.05) is 38.1 Å². The average Bonchev–Trinajstić information content (AvgIpc) is 2.86. The normalized spacial score (nSPS) is 13.9. The predicted molar refractivity (Wildman–Crippen MR) is 114 cm³/mol. The van der Waals surface area contributed by atoms with Gasteiger partial charge in [0.15, 0.2) is 0 Å². The van der Waals surface area contributed by atoms with E-state index >= 15 is 0 Å². The Bertz CT molecular complexity index is 847. The van der Waals surface area contributed by atoms with Crippen LogP contribution in [-0.2, 0) is 11.3 Å². The largest absolute Gasteiger partial charge is 0.365 e. The van der Waals surface area contributed by atoms with Crippen molar-refractivity contribution in [3.8, 4) is 0 Å². The summed E-state index contributed by atoms with van der Waals surface area (Å²) in [6.45, 7) is 8.74. The standard InChI is InChI=1S/C23H29N3O2/c1-17(2)15-24-23(28)20-9-6-8-19(14-20)16-25-12-7-13-26(18(3)27)22-11-5-4-10-21(22)25/h4-6,8-11,14,17H,7,12-13,15-16H2,1-3H3,(H,24,28). The number of fused-ring (bicyclic) bond motifs is 1. The molecule has 1 N–H and O–H groups in total. The minimum Gasteiger partial charge on any atom is -0.365 e. The minimum absolute atomic E-state index is 0.0328. The van der Waals surface area contributed by atoms with Crippen LogP contribution in [0.3, 0.4) is 0 Å². The van der Waals surface area contributed by atoms with E-state index in [1.165, 1.54) is 0 Å². The molecular formula is C23H29N3O2. The summed E-state index contributed by atoms with van der Waals surface area (Å²) in [6, 6.07) is 15.9. The third-order valence-corrected chi connectivity index (χ3v) is 4.94. The molecule has 28 heavy (non-hydrogen) atoms. The van der Waals surface area contributed by atoms with Crippen LogP contribution < -0.4 is 15.1 Å². The Labute approximate surface area is 167 Å². The summed E-state index contributed by atoms with van der Waals surface area (Å²) in [5.41, 5.74) is 3.79. The zero-order valence-electron chi connectivity index (χ0n) is 16.9. The van der Waals surface area contributed by atoms with Crippen LogP contribution >= 0.6 is 0 Å². The van der Waals surface area contributed by atoms with Crippen molar-refractivity contribution in [2.75, 3.05) is 29.4 Å². The molecule has 0 spiro atoms. The van der Waals surface area contributed by atoms with Crippen LogP contribution in [0, 0.1) is 5.92 Å². The van der Waals surface area contributed by atoms with Crippen LogP contribution in [0.15, 0.2) is 48.5 Å². The first-order valence-electron chi connectivity index (χ1n) is 9.95. The minimum atomic E-state index is -0.0328. The molecular weight excluding hydrogens is 350 g/mol. The first-order valence-corrected chi connectivity index (χ1v) is 9.95. The molecule has 0 unspecified atom stereocenters. The highest BCUT2D eigenvalue weighted by Gasteiger charge is 2.22. The van der Waals surface area contributed by atoms with Gasteiger partial charge in [0, 0.05) is 38.7 Å². The number of amides is 2. The Morgan fingerprint density at radius 1 is 1.04 bits per heavy atom. The maximum absolute atomic E-state index is 12.4. The van der Waals surface area contributed by atoms with Gasteiger partial charge < -0.3 is 15.1 Å². The predicted octanol–water partition coefficient (Wildman–Crippen LogP) is 3.84. The van der Waals surface area contributed by atoms with Gasteiger partial charge in [-0.2, -0.15) is 0 Å². The van der Waals surface area contributed by atoms with Gasteiger partial charge in [-0.3, -0.25) is 9.59 Å². The van der Waals surface area contributed by atoms with E-state index in [0.717, 1.165) is 36.4 Å². The number of benzene rings is 2. The van der Waals surface area contributed by atoms with E-state index in [1.54, 1.807) is 6.92 Å². The van der Waals surface area contributed by atoms with E-state index < -0.39 is 0 Å². The van der Waals surface area contributed by atoms with E-state index in [0.29, 0.717) is 24.6 Å². The average molecular weight is 380 g/mol. The quantitative estimate of drug-likeness (QED) is 0.859. The fraction of sp³-hybridized carbons (Fsp3) is 0.391. The number of hydrogen-bond acceptors (Lipinski definition) is 3. The van der Waals surface area contributed by atoms with Gasteiger partial charge in [0.2, 0.25) is 5.91 Å². The molecule has 2 aromatic rings. The van der Waals surface area contributed by atoms with Crippen molar-refractivity contribution in [2.45, 2.75) is 33.7 Å². The van der Waals surface area contributed by atoms with Gasteiger partial charge in [0.25, 0.3) is 5.91 Å². The maximum atomic E-state index is 12.4. The molecule has 1 aliphatic heterocycles. The zero-order valence-corrected chi connectivity index (χ0v) is 16.9. The molecule has 0 aliphatic carbocycles. The third-order valence-electron chi connectivity index (χ3n) is 4.94. The Balaban J connectivity index is 1.81. The van der Waals surface area contributed by atoms with Gasteiger partial charge >= 0.3 is 0 Å². The molecule has 0 aromatic heterocycles. The third kappa shape index (κ3) is 4.71. The molecule has 1 aliphatic rings. The van der Waals surface area contributed by atoms with Gasteiger partial charge in [0.1, 0.15) is 0 Å². The Morgan fingerprint density at radius 3 is 2.50 bits per heavy atom. The van der Waals surface area contributed by atoms with Gasteiger partial charge in [-0.15, -0.1) is 0 Å². The lowest BCUT2D eigenvalue weighted by Gasteiger charge is -2.26. The maximum Gasteiger partial charge on any atom is 0.251 e. The highest BCUT2D eigenvalue weighted by atomic mass is 16.2. The number of hydrogen-bond donors (Lipinski definition) is 1. The highest BCUT2D eigenvalue weighted by molar-refractivity contribution is 5.96. The Hall–Kier alpha value is -2.82. The molecule has 0 saturated carbocycles. The fourth-order valence-corrected chi connectivity index (χ4v) is 3.54. The SMILES string of the molecule is CC(=O)N1CCCN(Cc2cccc(C(=O)NCC(C)C)c2)c2ccccc21. The molecule has 0 fully saturated rings. The summed E-state index contributed by atoms with van der Waals surface area (Å²) in [5.74, 6) is 0.456. The molecule has 2 amide bonds.